The number of anilines is 1. The molecule has 33 heavy (non-hydrogen) atoms. The molecule has 1 aromatic carbocycles. The Balaban J connectivity index is 1.67. The van der Waals surface area contributed by atoms with Crippen LogP contribution >= 0.6 is 0 Å². The number of likely N-dealkylation sites (N-methyl/N-ethyl adjacent to an activating group) is 1. The number of rotatable bonds is 5. The molecule has 0 aliphatic carbocycles. The van der Waals surface area contributed by atoms with Crippen LogP contribution in [0.1, 0.15) is 34.5 Å². The fraction of sp³-hybridized carbons (Fsp3) is 0.286. The van der Waals surface area contributed by atoms with Crippen LogP contribution in [0.4, 0.5) is 19.0 Å². The van der Waals surface area contributed by atoms with Gasteiger partial charge in [0.2, 0.25) is 5.82 Å². The summed E-state index contributed by atoms with van der Waals surface area (Å²) >= 11 is 0. The number of carbonyl (C=O) groups is 2. The van der Waals surface area contributed by atoms with Crippen LogP contribution in [0.15, 0.2) is 42.6 Å². The molecule has 2 aromatic heterocycles. The van der Waals surface area contributed by atoms with Crippen LogP contribution in [0.3, 0.4) is 0 Å². The van der Waals surface area contributed by atoms with Crippen molar-refractivity contribution in [2.75, 3.05) is 11.4 Å². The second-order valence-electron chi connectivity index (χ2n) is 7.23. The smallest absolute Gasteiger partial charge is 0.390 e. The van der Waals surface area contributed by atoms with Crippen LogP contribution < -0.4 is 10.2 Å². The van der Waals surface area contributed by atoms with Gasteiger partial charge in [0.05, 0.1) is 18.0 Å². The van der Waals surface area contributed by atoms with Gasteiger partial charge in [-0.05, 0) is 25.1 Å². The number of benzene rings is 1. The maximum Gasteiger partial charge on any atom is 0.433 e. The van der Waals surface area contributed by atoms with Crippen molar-refractivity contribution in [2.45, 2.75) is 32.2 Å². The molecule has 1 aliphatic rings. The molecule has 3 heterocycles. The molecular formula is C21H19F3N6O3. The van der Waals surface area contributed by atoms with E-state index in [9.17, 15) is 27.9 Å². The van der Waals surface area contributed by atoms with Crippen LogP contribution in [0.5, 0.6) is 0 Å². The van der Waals surface area contributed by atoms with Gasteiger partial charge in [-0.15, -0.1) is 0 Å². The molecule has 1 unspecified atom stereocenters. The first-order valence-corrected chi connectivity index (χ1v) is 10.0. The van der Waals surface area contributed by atoms with Gasteiger partial charge in [-0.2, -0.15) is 18.3 Å². The van der Waals surface area contributed by atoms with Crippen molar-refractivity contribution in [3.8, 4) is 5.69 Å². The maximum atomic E-state index is 13.2. The van der Waals surface area contributed by atoms with Gasteiger partial charge in [-0.25, -0.2) is 14.6 Å². The van der Waals surface area contributed by atoms with E-state index in [4.69, 9.17) is 0 Å². The highest BCUT2D eigenvalue weighted by atomic mass is 19.4. The highest BCUT2D eigenvalue weighted by Gasteiger charge is 2.39. The van der Waals surface area contributed by atoms with E-state index < -0.39 is 42.2 Å². The number of hydrogen-bond donors (Lipinski definition) is 2. The predicted octanol–water partition coefficient (Wildman–Crippen LogP) is 1.88. The summed E-state index contributed by atoms with van der Waals surface area (Å²) < 4.78 is 40.3. The largest absolute Gasteiger partial charge is 0.433 e. The van der Waals surface area contributed by atoms with Crippen molar-refractivity contribution < 1.29 is 27.9 Å². The van der Waals surface area contributed by atoms with E-state index >= 15 is 0 Å². The van der Waals surface area contributed by atoms with E-state index in [-0.39, 0.29) is 13.0 Å². The Kier molecular flexibility index (Phi) is 5.85. The van der Waals surface area contributed by atoms with E-state index in [0.717, 1.165) is 6.20 Å². The molecule has 9 nitrogen and oxygen atoms in total. The zero-order valence-electron chi connectivity index (χ0n) is 17.4. The first-order valence-electron chi connectivity index (χ1n) is 10.0. The molecule has 1 aliphatic heterocycles. The Morgan fingerprint density at radius 1 is 1.24 bits per heavy atom. The molecule has 172 valence electrons. The number of para-hydroxylation sites is 1. The number of nitrogens with zero attached hydrogens (tertiary/aromatic N) is 5. The lowest BCUT2D eigenvalue weighted by Crippen LogP contribution is -2.53. The molecule has 0 saturated carbocycles. The van der Waals surface area contributed by atoms with Gasteiger partial charge in [0, 0.05) is 24.7 Å². The number of aliphatic hydroxyl groups excluding tert-OH is 1. The van der Waals surface area contributed by atoms with E-state index in [1.54, 1.807) is 35.9 Å². The number of aliphatic hydroxyl groups is 1. The molecule has 0 spiro atoms. The molecule has 0 bridgehead atoms. The van der Waals surface area contributed by atoms with Crippen molar-refractivity contribution in [1.29, 1.82) is 0 Å². The molecule has 12 heteroatoms. The second kappa shape index (κ2) is 8.62. The lowest BCUT2D eigenvalue weighted by Gasteiger charge is -2.32. The minimum atomic E-state index is -4.74. The number of alkyl halides is 3. The van der Waals surface area contributed by atoms with Gasteiger partial charge in [-0.3, -0.25) is 14.5 Å². The third kappa shape index (κ3) is 4.16. The molecule has 0 radical (unpaired) electrons. The monoisotopic (exact) mass is 460 g/mol. The van der Waals surface area contributed by atoms with Gasteiger partial charge in [0.1, 0.15) is 17.6 Å². The zero-order valence-corrected chi connectivity index (χ0v) is 17.4. The SMILES string of the molecule is CCN1C(=O)C(NC(=O)c2nccc(C(F)(F)F)n2)Cc2c(CO)nn(-c3ccccc3)c21. The number of amides is 2. The summed E-state index contributed by atoms with van der Waals surface area (Å²) in [5, 5.41) is 16.7. The Bertz CT molecular complexity index is 1200. The lowest BCUT2D eigenvalue weighted by atomic mass is 9.99. The molecule has 1 atom stereocenters. The zero-order chi connectivity index (χ0) is 23.8. The Hall–Kier alpha value is -3.80. The minimum absolute atomic E-state index is 0.00189. The Morgan fingerprint density at radius 3 is 2.61 bits per heavy atom. The van der Waals surface area contributed by atoms with Crippen molar-refractivity contribution in [3.05, 3.63) is 65.4 Å². The number of nitrogens with one attached hydrogen (secondary N) is 1. The average Bonchev–Trinajstić information content (AvgIpc) is 3.18. The summed E-state index contributed by atoms with van der Waals surface area (Å²) in [6.07, 6.45) is -3.91. The summed E-state index contributed by atoms with van der Waals surface area (Å²) in [5.74, 6) is -1.71. The van der Waals surface area contributed by atoms with Crippen molar-refractivity contribution in [1.82, 2.24) is 25.1 Å². The molecule has 0 saturated heterocycles. The molecule has 4 rings (SSSR count). The average molecular weight is 460 g/mol. The summed E-state index contributed by atoms with van der Waals surface area (Å²) in [6, 6.07) is 8.59. The normalized spacial score (nSPS) is 16.0. The standard InChI is InChI=1S/C21H19F3N6O3/c1-2-29-19-13(15(11-31)28-30(19)12-6-4-3-5-7-12)10-14(20(29)33)26-18(32)17-25-9-8-16(27-17)21(22,23)24/h3-9,14,31H,2,10-11H2,1H3,(H,26,32). The van der Waals surface area contributed by atoms with E-state index in [1.165, 1.54) is 4.90 Å². The van der Waals surface area contributed by atoms with E-state index in [1.807, 2.05) is 6.07 Å². The van der Waals surface area contributed by atoms with Gasteiger partial charge in [0.15, 0.2) is 0 Å². The maximum absolute atomic E-state index is 13.2. The van der Waals surface area contributed by atoms with E-state index in [0.29, 0.717) is 28.8 Å². The van der Waals surface area contributed by atoms with Crippen molar-refractivity contribution >= 4 is 17.6 Å². The van der Waals surface area contributed by atoms with Gasteiger partial charge in [-0.1, -0.05) is 18.2 Å². The summed E-state index contributed by atoms with van der Waals surface area (Å²) in [7, 11) is 0. The van der Waals surface area contributed by atoms with Gasteiger partial charge >= 0.3 is 6.18 Å². The van der Waals surface area contributed by atoms with Gasteiger partial charge < -0.3 is 10.4 Å². The molecular weight excluding hydrogens is 441 g/mol. The number of halogens is 3. The first-order chi connectivity index (χ1) is 15.7. The number of aromatic nitrogens is 4. The van der Waals surface area contributed by atoms with Crippen molar-refractivity contribution in [2.24, 2.45) is 0 Å². The highest BCUT2D eigenvalue weighted by Crippen LogP contribution is 2.33. The fourth-order valence-electron chi connectivity index (χ4n) is 3.70. The first kappa shape index (κ1) is 22.4. The fourth-order valence-corrected chi connectivity index (χ4v) is 3.70. The van der Waals surface area contributed by atoms with Crippen LogP contribution in [-0.4, -0.2) is 49.3 Å². The van der Waals surface area contributed by atoms with Crippen LogP contribution in [-0.2, 0) is 24.0 Å². The van der Waals surface area contributed by atoms with Crippen LogP contribution in [0.25, 0.3) is 5.69 Å². The molecule has 0 fully saturated rings. The molecule has 2 amide bonds. The quantitative estimate of drug-likeness (QED) is 0.601. The molecule has 3 aromatic rings. The topological polar surface area (TPSA) is 113 Å². The summed E-state index contributed by atoms with van der Waals surface area (Å²) in [6.45, 7) is 1.58. The second-order valence-corrected chi connectivity index (χ2v) is 7.23. The number of hydrogen-bond acceptors (Lipinski definition) is 6. The minimum Gasteiger partial charge on any atom is -0.390 e. The third-order valence-corrected chi connectivity index (χ3v) is 5.19. The Labute approximate surface area is 185 Å². The Morgan fingerprint density at radius 2 is 1.97 bits per heavy atom. The lowest BCUT2D eigenvalue weighted by molar-refractivity contribution is -0.141. The van der Waals surface area contributed by atoms with Crippen LogP contribution in [0, 0.1) is 0 Å². The number of fused-ring (bicyclic) bond motifs is 1. The van der Waals surface area contributed by atoms with E-state index in [2.05, 4.69) is 20.4 Å². The highest BCUT2D eigenvalue weighted by molar-refractivity contribution is 6.03. The summed E-state index contributed by atoms with van der Waals surface area (Å²) in [5.41, 5.74) is 0.300. The number of carbonyl (C=O) groups excluding carboxylic acids is 2. The van der Waals surface area contributed by atoms with Crippen LogP contribution in [0.2, 0.25) is 0 Å². The third-order valence-electron chi connectivity index (χ3n) is 5.19. The predicted molar refractivity (Wildman–Crippen MR) is 110 cm³/mol. The molecule has 2 N–H and O–H groups in total. The van der Waals surface area contributed by atoms with Gasteiger partial charge in [0.25, 0.3) is 11.8 Å². The van der Waals surface area contributed by atoms with Crippen molar-refractivity contribution in [3.63, 3.8) is 0 Å². The summed E-state index contributed by atoms with van der Waals surface area (Å²) in [4.78, 5) is 34.0.